The number of nitrogens with zero attached hydrogens (tertiary/aromatic N) is 3. The van der Waals surface area contributed by atoms with Gasteiger partial charge in [0, 0.05) is 36.9 Å². The van der Waals surface area contributed by atoms with Gasteiger partial charge in [0.1, 0.15) is 0 Å². The maximum absolute atomic E-state index is 5.16. The Hall–Kier alpha value is -4.41. The molecule has 8 rings (SSSR count). The first kappa shape index (κ1) is 26.2. The third kappa shape index (κ3) is 4.35. The standard InChI is InChI=1S/C39H33N3S/c1-38(2)20-21-39(3,4)32-22-25(17-19-31(32)38)35-40-36(26-16-18-29-28-13-7-8-15-33(28)43-34(29)23-26)42-37(41-35)30-14-9-11-24-10-5-6-12-27(24)30/h5-19,22-23H,20-21H2,1-4H3. The molecule has 0 bridgehead atoms. The van der Waals surface area contributed by atoms with Crippen molar-refractivity contribution in [3.63, 3.8) is 0 Å². The maximum atomic E-state index is 5.16. The molecule has 0 atom stereocenters. The fourth-order valence-electron chi connectivity index (χ4n) is 6.77. The molecule has 2 heterocycles. The normalized spacial score (nSPS) is 15.6. The molecule has 3 nitrogen and oxygen atoms in total. The van der Waals surface area contributed by atoms with Gasteiger partial charge >= 0.3 is 0 Å². The van der Waals surface area contributed by atoms with Crippen molar-refractivity contribution < 1.29 is 0 Å². The summed E-state index contributed by atoms with van der Waals surface area (Å²) < 4.78 is 2.53. The van der Waals surface area contributed by atoms with Crippen LogP contribution in [0.1, 0.15) is 51.7 Å². The highest BCUT2D eigenvalue weighted by Gasteiger charge is 2.37. The van der Waals surface area contributed by atoms with Crippen molar-refractivity contribution in [1.82, 2.24) is 15.0 Å². The van der Waals surface area contributed by atoms with Crippen molar-refractivity contribution in [2.75, 3.05) is 0 Å². The molecule has 5 aromatic carbocycles. The summed E-state index contributed by atoms with van der Waals surface area (Å²) in [6.45, 7) is 9.46. The van der Waals surface area contributed by atoms with Crippen molar-refractivity contribution >= 4 is 42.3 Å². The van der Waals surface area contributed by atoms with Crippen LogP contribution in [0.3, 0.4) is 0 Å². The summed E-state index contributed by atoms with van der Waals surface area (Å²) in [5, 5.41) is 4.88. The van der Waals surface area contributed by atoms with Crippen LogP contribution in [0.2, 0.25) is 0 Å². The lowest BCUT2D eigenvalue weighted by Crippen LogP contribution is -2.33. The van der Waals surface area contributed by atoms with E-state index in [9.17, 15) is 0 Å². The molecule has 0 aliphatic heterocycles. The summed E-state index contributed by atoms with van der Waals surface area (Å²) in [5.74, 6) is 2.11. The fourth-order valence-corrected chi connectivity index (χ4v) is 7.91. The van der Waals surface area contributed by atoms with E-state index in [-0.39, 0.29) is 10.8 Å². The molecule has 0 spiro atoms. The first-order valence-electron chi connectivity index (χ1n) is 15.1. The monoisotopic (exact) mass is 575 g/mol. The summed E-state index contributed by atoms with van der Waals surface area (Å²) in [4.78, 5) is 15.4. The molecule has 2 aromatic heterocycles. The summed E-state index contributed by atoms with van der Waals surface area (Å²) in [6, 6.07) is 36.9. The molecule has 210 valence electrons. The number of hydrogen-bond donors (Lipinski definition) is 0. The first-order chi connectivity index (χ1) is 20.8. The minimum absolute atomic E-state index is 0.0986. The van der Waals surface area contributed by atoms with Crippen LogP contribution in [-0.4, -0.2) is 15.0 Å². The zero-order valence-electron chi connectivity index (χ0n) is 25.0. The SMILES string of the molecule is CC1(C)CCC(C)(C)c2cc(-c3nc(-c4ccc5c(c4)sc4ccccc45)nc(-c4cccc5ccccc45)n3)ccc21. The smallest absolute Gasteiger partial charge is 0.164 e. The van der Waals surface area contributed by atoms with Crippen molar-refractivity contribution in [3.8, 4) is 34.2 Å². The number of fused-ring (bicyclic) bond motifs is 5. The molecule has 1 aliphatic rings. The predicted molar refractivity (Wildman–Crippen MR) is 182 cm³/mol. The molecule has 4 heteroatoms. The fraction of sp³-hybridized carbons (Fsp3) is 0.205. The second-order valence-corrected chi connectivity index (χ2v) is 14.3. The maximum Gasteiger partial charge on any atom is 0.164 e. The lowest BCUT2D eigenvalue weighted by atomic mass is 9.63. The summed E-state index contributed by atoms with van der Waals surface area (Å²) in [7, 11) is 0. The van der Waals surface area contributed by atoms with E-state index in [0.717, 1.165) is 28.5 Å². The average Bonchev–Trinajstić information content (AvgIpc) is 3.40. The summed E-state index contributed by atoms with van der Waals surface area (Å²) in [5.41, 5.74) is 6.16. The highest BCUT2D eigenvalue weighted by molar-refractivity contribution is 7.25. The van der Waals surface area contributed by atoms with Crippen molar-refractivity contribution in [1.29, 1.82) is 0 Å². The first-order valence-corrected chi connectivity index (χ1v) is 15.9. The molecule has 0 amide bonds. The molecule has 0 fully saturated rings. The van der Waals surface area contributed by atoms with Gasteiger partial charge in [-0.3, -0.25) is 0 Å². The van der Waals surface area contributed by atoms with Crippen LogP contribution in [0.5, 0.6) is 0 Å². The molecule has 7 aromatic rings. The van der Waals surface area contributed by atoms with Crippen LogP contribution < -0.4 is 0 Å². The van der Waals surface area contributed by atoms with Gasteiger partial charge in [-0.1, -0.05) is 113 Å². The molecule has 1 aliphatic carbocycles. The van der Waals surface area contributed by atoms with E-state index >= 15 is 0 Å². The van der Waals surface area contributed by atoms with Crippen LogP contribution in [0.25, 0.3) is 65.1 Å². The molecule has 43 heavy (non-hydrogen) atoms. The minimum Gasteiger partial charge on any atom is -0.208 e. The Bertz CT molecular complexity index is 2200. The van der Waals surface area contributed by atoms with Crippen molar-refractivity contribution in [2.24, 2.45) is 0 Å². The van der Waals surface area contributed by atoms with Gasteiger partial charge in [0.25, 0.3) is 0 Å². The largest absolute Gasteiger partial charge is 0.208 e. The van der Waals surface area contributed by atoms with E-state index < -0.39 is 0 Å². The Morgan fingerprint density at radius 3 is 1.93 bits per heavy atom. The third-order valence-electron chi connectivity index (χ3n) is 9.41. The summed E-state index contributed by atoms with van der Waals surface area (Å²) >= 11 is 1.82. The van der Waals surface area contributed by atoms with Crippen molar-refractivity contribution in [3.05, 3.63) is 114 Å². The minimum atomic E-state index is 0.0986. The molecule has 0 unspecified atom stereocenters. The number of rotatable bonds is 3. The van der Waals surface area contributed by atoms with Gasteiger partial charge in [-0.25, -0.2) is 15.0 Å². The zero-order chi connectivity index (χ0) is 29.3. The van der Waals surface area contributed by atoms with Gasteiger partial charge in [-0.15, -0.1) is 11.3 Å². The predicted octanol–water partition coefficient (Wildman–Crippen LogP) is 10.7. The van der Waals surface area contributed by atoms with E-state index in [2.05, 4.69) is 131 Å². The van der Waals surface area contributed by atoms with E-state index in [1.54, 1.807) is 0 Å². The molecule has 0 saturated carbocycles. The Kier molecular flexibility index (Phi) is 5.83. The molecular weight excluding hydrogens is 543 g/mol. The van der Waals surface area contributed by atoms with E-state index in [4.69, 9.17) is 15.0 Å². The van der Waals surface area contributed by atoms with Crippen LogP contribution in [0.15, 0.2) is 103 Å². The third-order valence-corrected chi connectivity index (χ3v) is 10.5. The van der Waals surface area contributed by atoms with Gasteiger partial charge in [0.15, 0.2) is 17.5 Å². The Morgan fingerprint density at radius 2 is 1.12 bits per heavy atom. The van der Waals surface area contributed by atoms with Crippen LogP contribution in [-0.2, 0) is 10.8 Å². The second-order valence-electron chi connectivity index (χ2n) is 13.2. The number of aromatic nitrogens is 3. The van der Waals surface area contributed by atoms with Gasteiger partial charge in [0.05, 0.1) is 0 Å². The lowest BCUT2D eigenvalue weighted by molar-refractivity contribution is 0.332. The number of hydrogen-bond acceptors (Lipinski definition) is 4. The van der Waals surface area contributed by atoms with Gasteiger partial charge in [-0.05, 0) is 63.8 Å². The molecule has 0 saturated heterocycles. The van der Waals surface area contributed by atoms with Gasteiger partial charge in [-0.2, -0.15) is 0 Å². The molecular formula is C39H33N3S. The lowest BCUT2D eigenvalue weighted by Gasteiger charge is -2.42. The second kappa shape index (κ2) is 9.55. The number of thiophene rings is 1. The molecule has 0 radical (unpaired) electrons. The summed E-state index contributed by atoms with van der Waals surface area (Å²) in [6.07, 6.45) is 2.35. The highest BCUT2D eigenvalue weighted by atomic mass is 32.1. The quantitative estimate of drug-likeness (QED) is 0.210. The Labute approximate surface area is 256 Å². The van der Waals surface area contributed by atoms with Crippen molar-refractivity contribution in [2.45, 2.75) is 51.4 Å². The highest BCUT2D eigenvalue weighted by Crippen LogP contribution is 2.47. The van der Waals surface area contributed by atoms with E-state index in [1.165, 1.54) is 43.1 Å². The van der Waals surface area contributed by atoms with Crippen LogP contribution in [0, 0.1) is 0 Å². The van der Waals surface area contributed by atoms with Crippen LogP contribution >= 0.6 is 11.3 Å². The topological polar surface area (TPSA) is 38.7 Å². The van der Waals surface area contributed by atoms with Gasteiger partial charge in [0.2, 0.25) is 0 Å². The number of benzene rings is 5. The Balaban J connectivity index is 1.36. The van der Waals surface area contributed by atoms with E-state index in [1.807, 2.05) is 11.3 Å². The molecule has 0 N–H and O–H groups in total. The Morgan fingerprint density at radius 1 is 0.512 bits per heavy atom. The van der Waals surface area contributed by atoms with E-state index in [0.29, 0.717) is 17.5 Å². The zero-order valence-corrected chi connectivity index (χ0v) is 25.8. The average molecular weight is 576 g/mol. The van der Waals surface area contributed by atoms with Crippen LogP contribution in [0.4, 0.5) is 0 Å². The van der Waals surface area contributed by atoms with Gasteiger partial charge < -0.3 is 0 Å².